The molecular weight excluding hydrogens is 164 g/mol. The smallest absolute Gasteiger partial charge is 0.0348 e. The molecule has 0 saturated heterocycles. The van der Waals surface area contributed by atoms with Crippen LogP contribution in [0.15, 0.2) is 35.7 Å². The Hall–Kier alpha value is -1.08. The van der Waals surface area contributed by atoms with Gasteiger partial charge >= 0.3 is 0 Å². The van der Waals surface area contributed by atoms with Crippen LogP contribution in [0.2, 0.25) is 0 Å². The van der Waals surface area contributed by atoms with E-state index in [0.717, 1.165) is 0 Å². The number of fused-ring (bicyclic) bond motifs is 1. The Morgan fingerprint density at radius 1 is 1.25 bits per heavy atom. The predicted octanol–water partition coefficient (Wildman–Crippen LogP) is 3.75. The fraction of sp³-hybridized carbons (Fsp3) is 0. The molecule has 0 N–H and O–H groups in total. The van der Waals surface area contributed by atoms with Gasteiger partial charge in [-0.25, -0.2) is 0 Å². The third kappa shape index (κ3) is 1.16. The van der Waals surface area contributed by atoms with Crippen molar-refractivity contribution in [3.05, 3.63) is 48.2 Å². The van der Waals surface area contributed by atoms with E-state index in [1.165, 1.54) is 15.6 Å². The summed E-state index contributed by atoms with van der Waals surface area (Å²) in [6.45, 7) is 3.69. The Morgan fingerprint density at radius 2 is 2.08 bits per heavy atom. The molecule has 0 unspecified atom stereocenters. The molecule has 1 heteroatoms. The van der Waals surface area contributed by atoms with Crippen molar-refractivity contribution in [2.24, 2.45) is 0 Å². The Kier molecular flexibility index (Phi) is 1.96. The van der Waals surface area contributed by atoms with Crippen LogP contribution in [0.4, 0.5) is 0 Å². The summed E-state index contributed by atoms with van der Waals surface area (Å²) in [4.78, 5) is 0. The maximum atomic E-state index is 3.69. The molecule has 1 heterocycles. The number of hydrogen-bond donors (Lipinski definition) is 0. The van der Waals surface area contributed by atoms with Crippen molar-refractivity contribution in [1.29, 1.82) is 0 Å². The molecule has 0 spiro atoms. The van der Waals surface area contributed by atoms with Crippen LogP contribution in [0.5, 0.6) is 0 Å². The van der Waals surface area contributed by atoms with E-state index >= 15 is 0 Å². The maximum absolute atomic E-state index is 3.69. The van der Waals surface area contributed by atoms with E-state index in [1.807, 2.05) is 12.2 Å². The number of hydrogen-bond acceptors (Lipinski definition) is 1. The molecule has 0 bridgehead atoms. The fourth-order valence-electron chi connectivity index (χ4n) is 1.25. The lowest BCUT2D eigenvalue weighted by molar-refractivity contribution is 1.83. The first-order valence-electron chi connectivity index (χ1n) is 3.84. The van der Waals surface area contributed by atoms with Gasteiger partial charge in [0.25, 0.3) is 0 Å². The second kappa shape index (κ2) is 3.11. The van der Waals surface area contributed by atoms with E-state index < -0.39 is 0 Å². The molecule has 0 amide bonds. The average Bonchev–Trinajstić information content (AvgIpc) is 2.50. The minimum atomic E-state index is 1.27. The van der Waals surface area contributed by atoms with Gasteiger partial charge in [-0.15, -0.1) is 11.3 Å². The predicted molar refractivity (Wildman–Crippen MR) is 56.2 cm³/mol. The average molecular weight is 173 g/mol. The zero-order valence-corrected chi connectivity index (χ0v) is 7.47. The van der Waals surface area contributed by atoms with Crippen molar-refractivity contribution in [2.75, 3.05) is 0 Å². The monoisotopic (exact) mass is 173 g/mol. The lowest BCUT2D eigenvalue weighted by Gasteiger charge is -1.89. The zero-order valence-electron chi connectivity index (χ0n) is 6.66. The van der Waals surface area contributed by atoms with Gasteiger partial charge in [-0.2, -0.15) is 0 Å². The van der Waals surface area contributed by atoms with Crippen molar-refractivity contribution in [1.82, 2.24) is 0 Å². The highest BCUT2D eigenvalue weighted by Crippen LogP contribution is 2.26. The van der Waals surface area contributed by atoms with Crippen molar-refractivity contribution in [2.45, 2.75) is 0 Å². The van der Waals surface area contributed by atoms with E-state index in [1.54, 1.807) is 11.3 Å². The van der Waals surface area contributed by atoms with Gasteiger partial charge in [0.05, 0.1) is 0 Å². The molecule has 2 rings (SSSR count). The van der Waals surface area contributed by atoms with Crippen LogP contribution in [0.3, 0.4) is 0 Å². The first kappa shape index (κ1) is 7.56. The van der Waals surface area contributed by atoms with E-state index in [0.29, 0.717) is 0 Å². The van der Waals surface area contributed by atoms with Gasteiger partial charge < -0.3 is 0 Å². The van der Waals surface area contributed by atoms with Crippen LogP contribution < -0.4 is 0 Å². The van der Waals surface area contributed by atoms with E-state index in [4.69, 9.17) is 0 Å². The second-order valence-electron chi connectivity index (χ2n) is 2.59. The Bertz CT molecular complexity index is 410. The molecule has 1 radical (unpaired) electrons. The summed E-state index contributed by atoms with van der Waals surface area (Å²) in [6, 6.07) is 8.41. The minimum Gasteiger partial charge on any atom is -0.143 e. The van der Waals surface area contributed by atoms with Gasteiger partial charge in [0, 0.05) is 4.70 Å². The van der Waals surface area contributed by atoms with Crippen LogP contribution in [0.1, 0.15) is 5.56 Å². The number of thiophene rings is 1. The maximum Gasteiger partial charge on any atom is 0.0348 e. The quantitative estimate of drug-likeness (QED) is 0.616. The van der Waals surface area contributed by atoms with Crippen LogP contribution in [-0.2, 0) is 0 Å². The van der Waals surface area contributed by atoms with Gasteiger partial charge in [0.1, 0.15) is 0 Å². The Morgan fingerprint density at radius 3 is 2.92 bits per heavy atom. The van der Waals surface area contributed by atoms with Crippen molar-refractivity contribution >= 4 is 27.5 Å². The standard InChI is InChI=1S/C11H9S/c1-2-5-9-8-12-11-7-4-3-6-10(9)11/h2-8H,1H2/b5-2+. The first-order valence-corrected chi connectivity index (χ1v) is 4.72. The van der Waals surface area contributed by atoms with Crippen molar-refractivity contribution in [3.8, 4) is 0 Å². The SMILES string of the molecule is [CH2]/C=C/c1csc2ccccc12. The number of rotatable bonds is 1. The van der Waals surface area contributed by atoms with Crippen LogP contribution >= 0.6 is 11.3 Å². The lowest BCUT2D eigenvalue weighted by atomic mass is 10.2. The number of allylic oxidation sites excluding steroid dienone is 1. The molecule has 1 aromatic carbocycles. The molecule has 2 aromatic rings. The molecule has 0 aliphatic rings. The minimum absolute atomic E-state index is 1.27. The molecule has 0 fully saturated rings. The largest absolute Gasteiger partial charge is 0.143 e. The van der Waals surface area contributed by atoms with Gasteiger partial charge in [-0.3, -0.25) is 0 Å². The summed E-state index contributed by atoms with van der Waals surface area (Å²) in [6.07, 6.45) is 3.87. The highest BCUT2D eigenvalue weighted by molar-refractivity contribution is 7.17. The summed E-state index contributed by atoms with van der Waals surface area (Å²) in [7, 11) is 0. The third-order valence-electron chi connectivity index (χ3n) is 1.81. The van der Waals surface area contributed by atoms with E-state index in [2.05, 4.69) is 36.6 Å². The summed E-state index contributed by atoms with van der Waals surface area (Å²) in [5.41, 5.74) is 1.27. The molecule has 59 valence electrons. The molecule has 0 atom stereocenters. The normalized spacial score (nSPS) is 11.4. The Balaban J connectivity index is 2.70. The summed E-state index contributed by atoms with van der Waals surface area (Å²) < 4.78 is 1.34. The van der Waals surface area contributed by atoms with E-state index in [9.17, 15) is 0 Å². The summed E-state index contributed by atoms with van der Waals surface area (Å²) in [5, 5.41) is 3.48. The zero-order chi connectivity index (χ0) is 8.39. The third-order valence-corrected chi connectivity index (χ3v) is 2.79. The topological polar surface area (TPSA) is 0 Å². The molecule has 0 nitrogen and oxygen atoms in total. The fourth-order valence-corrected chi connectivity index (χ4v) is 2.18. The number of benzene rings is 1. The highest BCUT2D eigenvalue weighted by Gasteiger charge is 1.97. The van der Waals surface area contributed by atoms with Crippen LogP contribution in [0.25, 0.3) is 16.2 Å². The molecule has 12 heavy (non-hydrogen) atoms. The van der Waals surface area contributed by atoms with Crippen molar-refractivity contribution < 1.29 is 0 Å². The Labute approximate surface area is 76.2 Å². The van der Waals surface area contributed by atoms with Gasteiger partial charge in [-0.05, 0) is 29.3 Å². The van der Waals surface area contributed by atoms with Gasteiger partial charge in [0.2, 0.25) is 0 Å². The molecular formula is C11H9S. The molecule has 0 aliphatic heterocycles. The van der Waals surface area contributed by atoms with Gasteiger partial charge in [0.15, 0.2) is 0 Å². The lowest BCUT2D eigenvalue weighted by Crippen LogP contribution is -1.65. The van der Waals surface area contributed by atoms with Gasteiger partial charge in [-0.1, -0.05) is 30.4 Å². The molecule has 1 aromatic heterocycles. The molecule has 0 saturated carbocycles. The summed E-state index contributed by atoms with van der Waals surface area (Å²) in [5.74, 6) is 0. The highest BCUT2D eigenvalue weighted by atomic mass is 32.1. The van der Waals surface area contributed by atoms with Crippen LogP contribution in [0, 0.1) is 6.92 Å². The van der Waals surface area contributed by atoms with Crippen molar-refractivity contribution in [3.63, 3.8) is 0 Å². The van der Waals surface area contributed by atoms with Crippen LogP contribution in [-0.4, -0.2) is 0 Å². The second-order valence-corrected chi connectivity index (χ2v) is 3.50. The molecule has 0 aliphatic carbocycles. The first-order chi connectivity index (χ1) is 5.92. The summed E-state index contributed by atoms with van der Waals surface area (Å²) >= 11 is 1.77. The van der Waals surface area contributed by atoms with E-state index in [-0.39, 0.29) is 0 Å².